The van der Waals surface area contributed by atoms with Crippen LogP contribution in [0, 0.1) is 6.92 Å². The van der Waals surface area contributed by atoms with Crippen LogP contribution in [0.25, 0.3) is 0 Å². The number of amides is 1. The van der Waals surface area contributed by atoms with Crippen LogP contribution in [-0.2, 0) is 6.42 Å². The molecule has 0 bridgehead atoms. The van der Waals surface area contributed by atoms with Gasteiger partial charge in [0.25, 0.3) is 5.91 Å². The normalized spacial score (nSPS) is 15.6. The molecule has 130 valence electrons. The minimum Gasteiger partial charge on any atom is -0.323 e. The number of aryl methyl sites for hydroxylation is 1. The van der Waals surface area contributed by atoms with Crippen LogP contribution in [0.1, 0.15) is 28.5 Å². The predicted octanol–water partition coefficient (Wildman–Crippen LogP) is 4.12. The lowest BCUT2D eigenvalue weighted by atomic mass is 10.1. The Morgan fingerprint density at radius 1 is 1.12 bits per heavy atom. The van der Waals surface area contributed by atoms with E-state index in [4.69, 9.17) is 0 Å². The Labute approximate surface area is 152 Å². The average Bonchev–Trinajstić information content (AvgIpc) is 2.97. The lowest BCUT2D eigenvalue weighted by Gasteiger charge is -2.23. The van der Waals surface area contributed by atoms with E-state index in [0.717, 1.165) is 29.2 Å². The van der Waals surface area contributed by atoms with Crippen LogP contribution in [0.5, 0.6) is 0 Å². The van der Waals surface area contributed by atoms with E-state index < -0.39 is 0 Å². The first-order chi connectivity index (χ1) is 12.6. The summed E-state index contributed by atoms with van der Waals surface area (Å²) in [7, 11) is 0. The molecule has 2 aromatic carbocycles. The summed E-state index contributed by atoms with van der Waals surface area (Å²) in [6.07, 6.45) is 2.42. The van der Waals surface area contributed by atoms with E-state index in [-0.39, 0.29) is 11.9 Å². The molecule has 4 rings (SSSR count). The number of nitrogens with zero attached hydrogens (tertiary/aromatic N) is 3. The molecule has 1 aliphatic heterocycles. The molecule has 0 fully saturated rings. The smallest absolute Gasteiger partial charge is 0.274 e. The zero-order valence-corrected chi connectivity index (χ0v) is 14.8. The van der Waals surface area contributed by atoms with E-state index in [0.29, 0.717) is 5.69 Å². The number of hydrogen-bond donors (Lipinski definition) is 1. The third-order valence-electron chi connectivity index (χ3n) is 4.62. The summed E-state index contributed by atoms with van der Waals surface area (Å²) in [4.78, 5) is 23.3. The molecular formula is C21H20N4O. The number of carbonyl (C=O) groups excluding carboxylic acids is 1. The standard InChI is InChI=1S/C21H20N4O/c1-14-6-5-8-17(10-14)24-21(26)18-12-20(23-13-22-18)25-15(2)11-16-7-3-4-9-19(16)25/h3-10,12-13,15H,11H2,1-2H3,(H,24,26). The van der Waals surface area contributed by atoms with Crippen molar-refractivity contribution in [3.8, 4) is 0 Å². The highest BCUT2D eigenvalue weighted by Crippen LogP contribution is 2.37. The van der Waals surface area contributed by atoms with Crippen LogP contribution in [0.2, 0.25) is 0 Å². The fraction of sp³-hybridized carbons (Fsp3) is 0.190. The lowest BCUT2D eigenvalue weighted by Crippen LogP contribution is -2.25. The number of anilines is 3. The first kappa shape index (κ1) is 16.3. The molecule has 0 spiro atoms. The number of hydrogen-bond acceptors (Lipinski definition) is 4. The Hall–Kier alpha value is -3.21. The molecule has 5 heteroatoms. The maximum Gasteiger partial charge on any atom is 0.274 e. The van der Waals surface area contributed by atoms with E-state index >= 15 is 0 Å². The van der Waals surface area contributed by atoms with E-state index in [1.165, 1.54) is 11.9 Å². The predicted molar refractivity (Wildman–Crippen MR) is 103 cm³/mol. The van der Waals surface area contributed by atoms with E-state index in [1.807, 2.05) is 37.3 Å². The molecule has 0 saturated heterocycles. The van der Waals surface area contributed by atoms with Crippen molar-refractivity contribution in [2.24, 2.45) is 0 Å². The summed E-state index contributed by atoms with van der Waals surface area (Å²) in [5, 5.41) is 2.90. The van der Waals surface area contributed by atoms with Crippen molar-refractivity contribution in [1.82, 2.24) is 9.97 Å². The van der Waals surface area contributed by atoms with Gasteiger partial charge in [0.1, 0.15) is 17.8 Å². The lowest BCUT2D eigenvalue weighted by molar-refractivity contribution is 0.102. The summed E-state index contributed by atoms with van der Waals surface area (Å²) < 4.78 is 0. The maximum atomic E-state index is 12.6. The van der Waals surface area contributed by atoms with E-state index in [9.17, 15) is 4.79 Å². The molecule has 1 amide bonds. The minimum atomic E-state index is -0.237. The summed E-state index contributed by atoms with van der Waals surface area (Å²) in [6.45, 7) is 4.15. The number of fused-ring (bicyclic) bond motifs is 1. The van der Waals surface area contributed by atoms with Crippen molar-refractivity contribution in [1.29, 1.82) is 0 Å². The molecule has 0 aliphatic carbocycles. The van der Waals surface area contributed by atoms with Crippen LogP contribution in [0.3, 0.4) is 0 Å². The van der Waals surface area contributed by atoms with Crippen LogP contribution in [0.4, 0.5) is 17.2 Å². The van der Waals surface area contributed by atoms with Crippen molar-refractivity contribution >= 4 is 23.1 Å². The van der Waals surface area contributed by atoms with Crippen LogP contribution in [-0.4, -0.2) is 21.9 Å². The molecule has 1 N–H and O–H groups in total. The molecule has 0 radical (unpaired) electrons. The van der Waals surface area contributed by atoms with Crippen LogP contribution >= 0.6 is 0 Å². The molecule has 1 atom stereocenters. The second kappa shape index (κ2) is 6.59. The van der Waals surface area contributed by atoms with Gasteiger partial charge in [0.05, 0.1) is 0 Å². The van der Waals surface area contributed by atoms with Gasteiger partial charge in [0, 0.05) is 23.5 Å². The first-order valence-electron chi connectivity index (χ1n) is 8.69. The number of nitrogens with one attached hydrogen (secondary N) is 1. The summed E-state index contributed by atoms with van der Waals surface area (Å²) in [5.74, 6) is 0.506. The van der Waals surface area contributed by atoms with Gasteiger partial charge < -0.3 is 10.2 Å². The fourth-order valence-corrected chi connectivity index (χ4v) is 3.44. The van der Waals surface area contributed by atoms with E-state index in [1.54, 1.807) is 6.07 Å². The van der Waals surface area contributed by atoms with Gasteiger partial charge in [-0.3, -0.25) is 4.79 Å². The molecular weight excluding hydrogens is 324 g/mol. The molecule has 3 aromatic rings. The van der Waals surface area contributed by atoms with Gasteiger partial charge in [-0.2, -0.15) is 0 Å². The Morgan fingerprint density at radius 2 is 1.96 bits per heavy atom. The van der Waals surface area contributed by atoms with Gasteiger partial charge in [-0.1, -0.05) is 30.3 Å². The van der Waals surface area contributed by atoms with Gasteiger partial charge in [-0.25, -0.2) is 9.97 Å². The zero-order chi connectivity index (χ0) is 18.1. The SMILES string of the molecule is Cc1cccc(NC(=O)c2cc(N3c4ccccc4CC3C)ncn2)c1. The highest BCUT2D eigenvalue weighted by Gasteiger charge is 2.28. The number of aromatic nitrogens is 2. The van der Waals surface area contributed by atoms with Crippen molar-refractivity contribution in [3.05, 3.63) is 77.7 Å². The molecule has 1 aliphatic rings. The number of para-hydroxylation sites is 1. The molecule has 1 unspecified atom stereocenters. The van der Waals surface area contributed by atoms with Gasteiger partial charge in [0.2, 0.25) is 0 Å². The molecule has 0 saturated carbocycles. The molecule has 1 aromatic heterocycles. The third-order valence-corrected chi connectivity index (χ3v) is 4.62. The van der Waals surface area contributed by atoms with Gasteiger partial charge in [-0.05, 0) is 49.6 Å². The maximum absolute atomic E-state index is 12.6. The first-order valence-corrected chi connectivity index (χ1v) is 8.69. The second-order valence-electron chi connectivity index (χ2n) is 6.64. The third kappa shape index (κ3) is 3.04. The quantitative estimate of drug-likeness (QED) is 0.776. The number of rotatable bonds is 3. The second-order valence-corrected chi connectivity index (χ2v) is 6.64. The van der Waals surface area contributed by atoms with Gasteiger partial charge in [-0.15, -0.1) is 0 Å². The fourth-order valence-electron chi connectivity index (χ4n) is 3.44. The summed E-state index contributed by atoms with van der Waals surface area (Å²) in [6, 6.07) is 18.0. The Balaban J connectivity index is 1.62. The Morgan fingerprint density at radius 3 is 2.81 bits per heavy atom. The highest BCUT2D eigenvalue weighted by molar-refractivity contribution is 6.03. The van der Waals surface area contributed by atoms with E-state index in [2.05, 4.69) is 45.3 Å². The topological polar surface area (TPSA) is 58.1 Å². The zero-order valence-electron chi connectivity index (χ0n) is 14.8. The largest absolute Gasteiger partial charge is 0.323 e. The monoisotopic (exact) mass is 344 g/mol. The van der Waals surface area contributed by atoms with Crippen LogP contribution in [0.15, 0.2) is 60.9 Å². The number of carbonyl (C=O) groups is 1. The van der Waals surface area contributed by atoms with Gasteiger partial charge >= 0.3 is 0 Å². The molecule has 2 heterocycles. The Kier molecular flexibility index (Phi) is 4.13. The average molecular weight is 344 g/mol. The summed E-state index contributed by atoms with van der Waals surface area (Å²) in [5.41, 5.74) is 4.64. The van der Waals surface area contributed by atoms with Crippen molar-refractivity contribution in [3.63, 3.8) is 0 Å². The molecule has 5 nitrogen and oxygen atoms in total. The number of benzene rings is 2. The van der Waals surface area contributed by atoms with Crippen molar-refractivity contribution in [2.75, 3.05) is 10.2 Å². The van der Waals surface area contributed by atoms with Crippen molar-refractivity contribution in [2.45, 2.75) is 26.3 Å². The van der Waals surface area contributed by atoms with Crippen molar-refractivity contribution < 1.29 is 4.79 Å². The Bertz CT molecular complexity index is 969. The highest BCUT2D eigenvalue weighted by atomic mass is 16.1. The summed E-state index contributed by atoms with van der Waals surface area (Å²) >= 11 is 0. The van der Waals surface area contributed by atoms with Crippen LogP contribution < -0.4 is 10.2 Å². The van der Waals surface area contributed by atoms with Gasteiger partial charge in [0.15, 0.2) is 0 Å². The molecule has 26 heavy (non-hydrogen) atoms. The minimum absolute atomic E-state index is 0.237.